The molecule has 6 nitrogen and oxygen atoms in total. The van der Waals surface area contributed by atoms with Gasteiger partial charge < -0.3 is 20.3 Å². The average molecular weight is 832 g/mol. The number of aliphatic hydroxyl groups is 2. The average Bonchev–Trinajstić information content (AvgIpc) is 3.23. The first kappa shape index (κ1) is 57.3. The van der Waals surface area contributed by atoms with Crippen molar-refractivity contribution in [1.29, 1.82) is 0 Å². The number of unbranched alkanes of at least 4 members (excludes halogenated alkanes) is 32. The molecule has 3 atom stereocenters. The molecule has 0 rings (SSSR count). The summed E-state index contributed by atoms with van der Waals surface area (Å²) in [6, 6.07) is -0.710. The number of esters is 1. The van der Waals surface area contributed by atoms with Crippen LogP contribution >= 0.6 is 0 Å². The Morgan fingerprint density at radius 2 is 0.864 bits per heavy atom. The van der Waals surface area contributed by atoms with E-state index in [9.17, 15) is 19.8 Å². The van der Waals surface area contributed by atoms with Crippen molar-refractivity contribution in [2.24, 2.45) is 0 Å². The van der Waals surface area contributed by atoms with E-state index in [0.717, 1.165) is 57.8 Å². The van der Waals surface area contributed by atoms with E-state index in [1.165, 1.54) is 173 Å². The lowest BCUT2D eigenvalue weighted by atomic mass is 10.0. The van der Waals surface area contributed by atoms with E-state index in [-0.39, 0.29) is 24.9 Å². The number of carbonyl (C=O) groups is 2. The number of aliphatic hydroxyl groups excluding tert-OH is 2. The van der Waals surface area contributed by atoms with Crippen LogP contribution in [-0.4, -0.2) is 46.9 Å². The van der Waals surface area contributed by atoms with Gasteiger partial charge >= 0.3 is 5.97 Å². The van der Waals surface area contributed by atoms with Gasteiger partial charge in [-0.25, -0.2) is 0 Å². The fraction of sp³-hybridized carbons (Fsp3) is 0.887. The van der Waals surface area contributed by atoms with Crippen LogP contribution in [0.4, 0.5) is 0 Å². The maximum atomic E-state index is 13.2. The highest BCUT2D eigenvalue weighted by molar-refractivity contribution is 5.77. The second kappa shape index (κ2) is 47.4. The number of rotatable bonds is 47. The number of hydrogen-bond donors (Lipinski definition) is 3. The SMILES string of the molecule is CCCCCCCCC/C=C/C=C/CCCC(CC(=O)NC(CO)C(O)CCCCCCCCCCCCCCCCCCC)OC(=O)CCCCCCCCCCC. The lowest BCUT2D eigenvalue weighted by molar-refractivity contribution is -0.151. The lowest BCUT2D eigenvalue weighted by Gasteiger charge is -2.24. The highest BCUT2D eigenvalue weighted by atomic mass is 16.5. The molecule has 0 saturated heterocycles. The predicted octanol–water partition coefficient (Wildman–Crippen LogP) is 15.5. The molecule has 0 heterocycles. The summed E-state index contributed by atoms with van der Waals surface area (Å²) in [4.78, 5) is 26.0. The summed E-state index contributed by atoms with van der Waals surface area (Å²) in [6.45, 7) is 6.47. The van der Waals surface area contributed by atoms with E-state index in [1.807, 2.05) is 0 Å². The highest BCUT2D eigenvalue weighted by Crippen LogP contribution is 2.18. The van der Waals surface area contributed by atoms with Gasteiger partial charge in [0.25, 0.3) is 0 Å². The van der Waals surface area contributed by atoms with Gasteiger partial charge in [-0.15, -0.1) is 0 Å². The molecule has 0 bridgehead atoms. The Labute approximate surface area is 367 Å². The summed E-state index contributed by atoms with van der Waals surface area (Å²) in [6.07, 6.45) is 53.9. The van der Waals surface area contributed by atoms with Crippen LogP contribution < -0.4 is 5.32 Å². The zero-order chi connectivity index (χ0) is 43.1. The molecule has 0 aromatic rings. The van der Waals surface area contributed by atoms with Crippen LogP contribution in [0.25, 0.3) is 0 Å². The van der Waals surface area contributed by atoms with Gasteiger partial charge in [-0.1, -0.05) is 244 Å². The van der Waals surface area contributed by atoms with Crippen molar-refractivity contribution in [3.05, 3.63) is 24.3 Å². The van der Waals surface area contributed by atoms with Crippen molar-refractivity contribution >= 4 is 11.9 Å². The Balaban J connectivity index is 4.51. The molecular weight excluding hydrogens is 731 g/mol. The molecule has 3 N–H and O–H groups in total. The molecule has 0 saturated carbocycles. The van der Waals surface area contributed by atoms with Crippen molar-refractivity contribution in [1.82, 2.24) is 5.32 Å². The van der Waals surface area contributed by atoms with Gasteiger partial charge in [-0.3, -0.25) is 9.59 Å². The van der Waals surface area contributed by atoms with Gasteiger partial charge in [-0.05, 0) is 44.9 Å². The molecule has 0 radical (unpaired) electrons. The van der Waals surface area contributed by atoms with Crippen molar-refractivity contribution in [2.45, 2.75) is 296 Å². The zero-order valence-electron chi connectivity index (χ0n) is 39.7. The van der Waals surface area contributed by atoms with Gasteiger partial charge in [0, 0.05) is 6.42 Å². The minimum atomic E-state index is -0.795. The van der Waals surface area contributed by atoms with Crippen LogP contribution in [0.2, 0.25) is 0 Å². The van der Waals surface area contributed by atoms with E-state index in [4.69, 9.17) is 4.74 Å². The molecule has 0 aliphatic rings. The predicted molar refractivity (Wildman–Crippen MR) is 255 cm³/mol. The molecule has 6 heteroatoms. The number of amides is 1. The minimum absolute atomic E-state index is 0.0495. The number of carbonyl (C=O) groups excluding carboxylic acids is 2. The summed E-state index contributed by atoms with van der Waals surface area (Å²) in [5.41, 5.74) is 0. The van der Waals surface area contributed by atoms with Crippen LogP contribution in [0.5, 0.6) is 0 Å². The second-order valence-corrected chi connectivity index (χ2v) is 18.0. The third-order valence-electron chi connectivity index (χ3n) is 12.1. The minimum Gasteiger partial charge on any atom is -0.462 e. The number of nitrogens with one attached hydrogen (secondary N) is 1. The maximum Gasteiger partial charge on any atom is 0.306 e. The molecule has 0 aromatic carbocycles. The quantitative estimate of drug-likeness (QED) is 0.0322. The molecular formula is C53H101NO5. The molecule has 3 unspecified atom stereocenters. The zero-order valence-corrected chi connectivity index (χ0v) is 39.7. The smallest absolute Gasteiger partial charge is 0.306 e. The third kappa shape index (κ3) is 42.8. The van der Waals surface area contributed by atoms with Crippen molar-refractivity contribution in [3.63, 3.8) is 0 Å². The van der Waals surface area contributed by atoms with Gasteiger partial charge in [0.1, 0.15) is 6.10 Å². The van der Waals surface area contributed by atoms with Crippen LogP contribution in [0.3, 0.4) is 0 Å². The second-order valence-electron chi connectivity index (χ2n) is 18.0. The van der Waals surface area contributed by atoms with Gasteiger partial charge in [0.2, 0.25) is 5.91 Å². The molecule has 0 fully saturated rings. The fourth-order valence-electron chi connectivity index (χ4n) is 8.08. The standard InChI is InChI=1S/C53H101NO5/c1-4-7-10-13-16-19-21-23-25-26-27-29-31-34-36-39-42-45-51(56)50(48-55)54-52(57)47-49(59-53(58)46-43-40-37-32-18-15-12-9-6-3)44-41-38-35-33-30-28-24-22-20-17-14-11-8-5-2/h28,30,33,35,49-51,55-56H,4-27,29,31-32,34,36-48H2,1-3H3,(H,54,57)/b30-28+,35-33+. The van der Waals surface area contributed by atoms with Crippen LogP contribution in [0.15, 0.2) is 24.3 Å². The van der Waals surface area contributed by atoms with Crippen molar-refractivity contribution in [2.75, 3.05) is 6.61 Å². The molecule has 348 valence electrons. The molecule has 1 amide bonds. The Hall–Kier alpha value is -1.66. The van der Waals surface area contributed by atoms with E-state index in [2.05, 4.69) is 50.4 Å². The highest BCUT2D eigenvalue weighted by Gasteiger charge is 2.24. The van der Waals surface area contributed by atoms with Crippen LogP contribution in [-0.2, 0) is 14.3 Å². The van der Waals surface area contributed by atoms with Crippen molar-refractivity contribution < 1.29 is 24.5 Å². The van der Waals surface area contributed by atoms with Crippen molar-refractivity contribution in [3.8, 4) is 0 Å². The summed E-state index contributed by atoms with van der Waals surface area (Å²) in [7, 11) is 0. The van der Waals surface area contributed by atoms with E-state index in [0.29, 0.717) is 19.3 Å². The van der Waals surface area contributed by atoms with Gasteiger partial charge in [0.15, 0.2) is 0 Å². The Kier molecular flexibility index (Phi) is 46.1. The Bertz CT molecular complexity index is 935. The maximum absolute atomic E-state index is 13.2. The van der Waals surface area contributed by atoms with E-state index >= 15 is 0 Å². The van der Waals surface area contributed by atoms with Gasteiger partial charge in [0.05, 0.1) is 25.2 Å². The number of hydrogen-bond acceptors (Lipinski definition) is 5. The monoisotopic (exact) mass is 832 g/mol. The largest absolute Gasteiger partial charge is 0.462 e. The molecule has 0 aliphatic heterocycles. The Morgan fingerprint density at radius 1 is 0.492 bits per heavy atom. The normalized spacial score (nSPS) is 13.4. The summed E-state index contributed by atoms with van der Waals surface area (Å²) in [5, 5.41) is 23.8. The molecule has 0 aliphatic carbocycles. The summed E-state index contributed by atoms with van der Waals surface area (Å²) in [5.74, 6) is -0.512. The number of ether oxygens (including phenoxy) is 1. The number of allylic oxidation sites excluding steroid dienone is 4. The Morgan fingerprint density at radius 3 is 1.29 bits per heavy atom. The topological polar surface area (TPSA) is 95.9 Å². The first-order chi connectivity index (χ1) is 29.0. The molecule has 0 spiro atoms. The fourth-order valence-corrected chi connectivity index (χ4v) is 8.08. The van der Waals surface area contributed by atoms with E-state index in [1.54, 1.807) is 0 Å². The van der Waals surface area contributed by atoms with Crippen LogP contribution in [0.1, 0.15) is 278 Å². The molecule has 0 aromatic heterocycles. The first-order valence-corrected chi connectivity index (χ1v) is 26.1. The third-order valence-corrected chi connectivity index (χ3v) is 12.1. The molecule has 59 heavy (non-hydrogen) atoms. The summed E-state index contributed by atoms with van der Waals surface area (Å²) < 4.78 is 5.89. The van der Waals surface area contributed by atoms with Crippen LogP contribution in [0, 0.1) is 0 Å². The summed E-state index contributed by atoms with van der Waals surface area (Å²) >= 11 is 0. The first-order valence-electron chi connectivity index (χ1n) is 26.1. The van der Waals surface area contributed by atoms with E-state index < -0.39 is 18.2 Å². The van der Waals surface area contributed by atoms with Gasteiger partial charge in [-0.2, -0.15) is 0 Å². The lowest BCUT2D eigenvalue weighted by Crippen LogP contribution is -2.46.